The van der Waals surface area contributed by atoms with E-state index >= 15 is 0 Å². The summed E-state index contributed by atoms with van der Waals surface area (Å²) in [6, 6.07) is 13.1. The molecular weight excluding hydrogens is 256 g/mol. The van der Waals surface area contributed by atoms with Crippen molar-refractivity contribution in [2.24, 2.45) is 11.5 Å². The zero-order valence-electron chi connectivity index (χ0n) is 10.5. The highest BCUT2D eigenvalue weighted by molar-refractivity contribution is 6.28. The molecule has 100 valence electrons. The van der Waals surface area contributed by atoms with Gasteiger partial charge in [0.2, 0.25) is 0 Å². The summed E-state index contributed by atoms with van der Waals surface area (Å²) in [7, 11) is 0. The lowest BCUT2D eigenvalue weighted by molar-refractivity contribution is 0.0979. The van der Waals surface area contributed by atoms with Gasteiger partial charge in [-0.2, -0.15) is 0 Å². The molecule has 2 aromatic carbocycles. The van der Waals surface area contributed by atoms with E-state index in [0.717, 1.165) is 0 Å². The molecule has 0 bridgehead atoms. The third-order valence-electron chi connectivity index (χ3n) is 2.83. The lowest BCUT2D eigenvalue weighted by Gasteiger charge is -2.16. The number of rotatable bonds is 0. The number of urea groups is 1. The second-order valence-electron chi connectivity index (χ2n) is 4.15. The molecule has 0 radical (unpaired) electrons. The first-order chi connectivity index (χ1) is 9.52. The second-order valence-corrected chi connectivity index (χ2v) is 4.15. The van der Waals surface area contributed by atoms with Crippen molar-refractivity contribution in [3.63, 3.8) is 0 Å². The molecule has 3 rings (SSSR count). The Morgan fingerprint density at radius 3 is 1.05 bits per heavy atom. The van der Waals surface area contributed by atoms with Gasteiger partial charge in [-0.15, -0.1) is 0 Å². The van der Waals surface area contributed by atoms with Gasteiger partial charge < -0.3 is 11.5 Å². The van der Waals surface area contributed by atoms with E-state index in [0.29, 0.717) is 22.3 Å². The van der Waals surface area contributed by atoms with E-state index in [1.165, 1.54) is 0 Å². The quantitative estimate of drug-likeness (QED) is 0.645. The number of nitrogens with two attached hydrogens (primary N) is 2. The van der Waals surface area contributed by atoms with Gasteiger partial charge in [0.15, 0.2) is 11.6 Å². The van der Waals surface area contributed by atoms with Gasteiger partial charge in [-0.3, -0.25) is 9.59 Å². The summed E-state index contributed by atoms with van der Waals surface area (Å²) in [5.74, 6) is -0.128. The maximum atomic E-state index is 12.1. The van der Waals surface area contributed by atoms with Crippen LogP contribution < -0.4 is 11.5 Å². The van der Waals surface area contributed by atoms with E-state index < -0.39 is 6.03 Å². The number of benzene rings is 2. The Morgan fingerprint density at radius 2 is 0.850 bits per heavy atom. The van der Waals surface area contributed by atoms with Crippen LogP contribution in [0.2, 0.25) is 0 Å². The van der Waals surface area contributed by atoms with Crippen LogP contribution in [0.3, 0.4) is 0 Å². The number of hydrogen-bond acceptors (Lipinski definition) is 3. The van der Waals surface area contributed by atoms with E-state index in [9.17, 15) is 9.59 Å². The fraction of sp³-hybridized carbons (Fsp3) is 0. The van der Waals surface area contributed by atoms with E-state index in [-0.39, 0.29) is 11.6 Å². The molecule has 20 heavy (non-hydrogen) atoms. The fourth-order valence-corrected chi connectivity index (χ4v) is 2.05. The van der Waals surface area contributed by atoms with Gasteiger partial charge in [0.1, 0.15) is 0 Å². The van der Waals surface area contributed by atoms with Crippen LogP contribution in [-0.4, -0.2) is 17.6 Å². The first-order valence-electron chi connectivity index (χ1n) is 5.84. The highest BCUT2D eigenvalue weighted by Crippen LogP contribution is 2.26. The SMILES string of the molecule is NC(N)=O.O=C1c2ccccc2C(=O)c2ccccc21. The predicted octanol–water partition coefficient (Wildman–Crippen LogP) is 1.49. The number of ketones is 2. The van der Waals surface area contributed by atoms with Crippen LogP contribution in [0.15, 0.2) is 48.5 Å². The Morgan fingerprint density at radius 1 is 0.650 bits per heavy atom. The molecular formula is C15H12N2O3. The van der Waals surface area contributed by atoms with Crippen LogP contribution in [0.1, 0.15) is 31.8 Å². The first kappa shape index (κ1) is 13.5. The summed E-state index contributed by atoms with van der Waals surface area (Å²) in [6.45, 7) is 0. The molecule has 0 atom stereocenters. The standard InChI is InChI=1S/C14H8O2.CH4N2O/c15-13-9-5-1-2-6-10(9)14(16)12-8-4-3-7-11(12)13;2-1(3)4/h1-8H;(H4,2,3,4). The van der Waals surface area contributed by atoms with Gasteiger partial charge in [0.05, 0.1) is 0 Å². The van der Waals surface area contributed by atoms with Gasteiger partial charge in [-0.1, -0.05) is 48.5 Å². The highest BCUT2D eigenvalue weighted by atomic mass is 16.2. The molecule has 1 aliphatic rings. The van der Waals surface area contributed by atoms with Crippen molar-refractivity contribution in [2.75, 3.05) is 0 Å². The minimum atomic E-state index is -0.833. The molecule has 0 saturated heterocycles. The summed E-state index contributed by atoms with van der Waals surface area (Å²) in [5, 5.41) is 0. The van der Waals surface area contributed by atoms with Crippen LogP contribution in [0, 0.1) is 0 Å². The largest absolute Gasteiger partial charge is 0.352 e. The smallest absolute Gasteiger partial charge is 0.309 e. The maximum absolute atomic E-state index is 12.1. The number of hydrogen-bond donors (Lipinski definition) is 2. The van der Waals surface area contributed by atoms with Gasteiger partial charge in [0, 0.05) is 22.3 Å². The lowest BCUT2D eigenvalue weighted by Crippen LogP contribution is -2.20. The fourth-order valence-electron chi connectivity index (χ4n) is 2.05. The van der Waals surface area contributed by atoms with Crippen molar-refractivity contribution in [3.05, 3.63) is 70.8 Å². The molecule has 0 aromatic heterocycles. The third-order valence-corrected chi connectivity index (χ3v) is 2.83. The number of carbonyl (C=O) groups excluding carboxylic acids is 3. The molecule has 0 fully saturated rings. The molecule has 0 aliphatic heterocycles. The second kappa shape index (κ2) is 5.36. The van der Waals surface area contributed by atoms with Crippen LogP contribution in [-0.2, 0) is 0 Å². The summed E-state index contributed by atoms with van der Waals surface area (Å²) in [5.41, 5.74) is 10.5. The Hall–Kier alpha value is -2.95. The topological polar surface area (TPSA) is 103 Å². The molecule has 0 unspecified atom stereocenters. The van der Waals surface area contributed by atoms with E-state index in [2.05, 4.69) is 11.5 Å². The third kappa shape index (κ3) is 2.42. The molecule has 2 amide bonds. The van der Waals surface area contributed by atoms with Gasteiger partial charge in [-0.25, -0.2) is 4.79 Å². The molecule has 4 N–H and O–H groups in total. The first-order valence-corrected chi connectivity index (χ1v) is 5.84. The molecule has 2 aromatic rings. The van der Waals surface area contributed by atoms with Crippen LogP contribution >= 0.6 is 0 Å². The Kier molecular flexibility index (Phi) is 3.61. The normalized spacial score (nSPS) is 11.8. The number of carbonyl (C=O) groups is 3. The van der Waals surface area contributed by atoms with Crippen LogP contribution in [0.4, 0.5) is 4.79 Å². The van der Waals surface area contributed by atoms with E-state index in [4.69, 9.17) is 4.79 Å². The van der Waals surface area contributed by atoms with Crippen molar-refractivity contribution in [2.45, 2.75) is 0 Å². The molecule has 1 aliphatic carbocycles. The van der Waals surface area contributed by atoms with Crippen molar-refractivity contribution in [1.82, 2.24) is 0 Å². The number of amides is 2. The van der Waals surface area contributed by atoms with Crippen LogP contribution in [0.25, 0.3) is 0 Å². The van der Waals surface area contributed by atoms with Crippen molar-refractivity contribution in [3.8, 4) is 0 Å². The van der Waals surface area contributed by atoms with Gasteiger partial charge in [0.25, 0.3) is 0 Å². The number of primary amides is 2. The highest BCUT2D eigenvalue weighted by Gasteiger charge is 2.28. The predicted molar refractivity (Wildman–Crippen MR) is 73.5 cm³/mol. The Labute approximate surface area is 115 Å². The summed E-state index contributed by atoms with van der Waals surface area (Å²) >= 11 is 0. The zero-order valence-corrected chi connectivity index (χ0v) is 10.5. The summed E-state index contributed by atoms with van der Waals surface area (Å²) in [6.07, 6.45) is 0. The molecule has 5 heteroatoms. The Bertz CT molecular complexity index is 598. The lowest BCUT2D eigenvalue weighted by atomic mass is 9.84. The van der Waals surface area contributed by atoms with Gasteiger partial charge >= 0.3 is 6.03 Å². The average Bonchev–Trinajstić information content (AvgIpc) is 2.44. The van der Waals surface area contributed by atoms with Crippen molar-refractivity contribution >= 4 is 17.6 Å². The van der Waals surface area contributed by atoms with E-state index in [1.54, 1.807) is 48.5 Å². The number of fused-ring (bicyclic) bond motifs is 2. The molecule has 0 spiro atoms. The average molecular weight is 268 g/mol. The molecule has 0 heterocycles. The zero-order chi connectivity index (χ0) is 14.7. The molecule has 0 saturated carbocycles. The van der Waals surface area contributed by atoms with Gasteiger partial charge in [-0.05, 0) is 0 Å². The molecule has 5 nitrogen and oxygen atoms in total. The minimum Gasteiger partial charge on any atom is -0.352 e. The maximum Gasteiger partial charge on any atom is 0.309 e. The summed E-state index contributed by atoms with van der Waals surface area (Å²) < 4.78 is 0. The Balaban J connectivity index is 0.000000328. The summed E-state index contributed by atoms with van der Waals surface area (Å²) in [4.78, 5) is 33.2. The van der Waals surface area contributed by atoms with Crippen molar-refractivity contribution in [1.29, 1.82) is 0 Å². The minimum absolute atomic E-state index is 0.0641. The van der Waals surface area contributed by atoms with Crippen molar-refractivity contribution < 1.29 is 14.4 Å². The van der Waals surface area contributed by atoms with E-state index in [1.807, 2.05) is 0 Å². The monoisotopic (exact) mass is 268 g/mol. The van der Waals surface area contributed by atoms with Crippen LogP contribution in [0.5, 0.6) is 0 Å².